The molecule has 0 unspecified atom stereocenters. The molecule has 0 amide bonds. The fourth-order valence-corrected chi connectivity index (χ4v) is 7.77. The van der Waals surface area contributed by atoms with Crippen LogP contribution in [0.15, 0.2) is 194 Å². The van der Waals surface area contributed by atoms with E-state index in [0.29, 0.717) is 0 Å². The van der Waals surface area contributed by atoms with Gasteiger partial charge in [-0.25, -0.2) is 0 Å². The Morgan fingerprint density at radius 3 is 1.04 bits per heavy atom. The SMILES string of the molecule is c1ccc(-c2ccc3c(c2)c2ccccc2n3-c2cccc(-c3cccc(-n4c5ccccc5c5cc(-c6ccccc6)ccc54)c3)c2)cc1. The number of benzene rings is 8. The van der Waals surface area contributed by atoms with Crippen LogP contribution in [0.4, 0.5) is 0 Å². The molecule has 8 aromatic carbocycles. The van der Waals surface area contributed by atoms with Gasteiger partial charge in [-0.15, -0.1) is 0 Å². The highest BCUT2D eigenvalue weighted by atomic mass is 15.0. The van der Waals surface area contributed by atoms with Gasteiger partial charge in [0.15, 0.2) is 0 Å². The molecule has 10 rings (SSSR count). The van der Waals surface area contributed by atoms with Gasteiger partial charge < -0.3 is 9.13 Å². The maximum absolute atomic E-state index is 2.41. The Balaban J connectivity index is 1.10. The van der Waals surface area contributed by atoms with Gasteiger partial charge in [-0.05, 0) is 94.0 Å². The van der Waals surface area contributed by atoms with Crippen LogP contribution < -0.4 is 0 Å². The van der Waals surface area contributed by atoms with E-state index >= 15 is 0 Å². The van der Waals surface area contributed by atoms with Crippen LogP contribution >= 0.6 is 0 Å². The second-order valence-electron chi connectivity index (χ2n) is 13.0. The molecule has 234 valence electrons. The number of hydrogen-bond acceptors (Lipinski definition) is 0. The Hall–Kier alpha value is -6.64. The third-order valence-electron chi connectivity index (χ3n) is 10.1. The van der Waals surface area contributed by atoms with E-state index in [2.05, 4.69) is 203 Å². The van der Waals surface area contributed by atoms with Gasteiger partial charge in [0.25, 0.3) is 0 Å². The van der Waals surface area contributed by atoms with E-state index in [1.807, 2.05) is 0 Å². The molecule has 2 heterocycles. The minimum absolute atomic E-state index is 1.15. The monoisotopic (exact) mass is 636 g/mol. The molecule has 0 spiro atoms. The second kappa shape index (κ2) is 11.5. The van der Waals surface area contributed by atoms with Crippen molar-refractivity contribution in [1.82, 2.24) is 9.13 Å². The fraction of sp³-hybridized carbons (Fsp3) is 0. The van der Waals surface area contributed by atoms with E-state index in [0.717, 1.165) is 11.4 Å². The zero-order chi connectivity index (χ0) is 33.0. The van der Waals surface area contributed by atoms with Gasteiger partial charge in [-0.2, -0.15) is 0 Å². The van der Waals surface area contributed by atoms with Gasteiger partial charge >= 0.3 is 0 Å². The van der Waals surface area contributed by atoms with Crippen molar-refractivity contribution in [1.29, 1.82) is 0 Å². The molecule has 0 atom stereocenters. The molecule has 10 aromatic rings. The highest BCUT2D eigenvalue weighted by molar-refractivity contribution is 6.11. The summed E-state index contributed by atoms with van der Waals surface area (Å²) in [6, 6.07) is 70.4. The van der Waals surface area contributed by atoms with Crippen molar-refractivity contribution in [3.05, 3.63) is 194 Å². The van der Waals surface area contributed by atoms with Gasteiger partial charge in [0.2, 0.25) is 0 Å². The predicted molar refractivity (Wildman–Crippen MR) is 211 cm³/mol. The molecule has 2 nitrogen and oxygen atoms in total. The van der Waals surface area contributed by atoms with Crippen molar-refractivity contribution in [2.24, 2.45) is 0 Å². The summed E-state index contributed by atoms with van der Waals surface area (Å²) in [5.74, 6) is 0. The van der Waals surface area contributed by atoms with Crippen molar-refractivity contribution < 1.29 is 0 Å². The highest BCUT2D eigenvalue weighted by Gasteiger charge is 2.16. The molecule has 0 aliphatic carbocycles. The summed E-state index contributed by atoms with van der Waals surface area (Å²) >= 11 is 0. The number of para-hydroxylation sites is 2. The summed E-state index contributed by atoms with van der Waals surface area (Å²) in [4.78, 5) is 0. The van der Waals surface area contributed by atoms with Crippen LogP contribution in [0.5, 0.6) is 0 Å². The molecule has 0 saturated carbocycles. The Bertz CT molecular complexity index is 2660. The quantitative estimate of drug-likeness (QED) is 0.178. The van der Waals surface area contributed by atoms with E-state index in [-0.39, 0.29) is 0 Å². The van der Waals surface area contributed by atoms with Gasteiger partial charge in [0, 0.05) is 32.9 Å². The Kier molecular flexibility index (Phi) is 6.53. The third-order valence-corrected chi connectivity index (χ3v) is 10.1. The molecule has 2 aromatic heterocycles. The average Bonchev–Trinajstić information content (AvgIpc) is 3.71. The van der Waals surface area contributed by atoms with E-state index in [9.17, 15) is 0 Å². The van der Waals surface area contributed by atoms with Gasteiger partial charge in [0.05, 0.1) is 22.1 Å². The zero-order valence-electron chi connectivity index (χ0n) is 27.4. The minimum Gasteiger partial charge on any atom is -0.309 e. The Morgan fingerprint density at radius 2 is 0.580 bits per heavy atom. The van der Waals surface area contributed by atoms with Crippen molar-refractivity contribution in [3.8, 4) is 44.8 Å². The zero-order valence-corrected chi connectivity index (χ0v) is 27.4. The standard InChI is InChI=1S/C48H32N2/c1-3-13-33(14-4-1)37-25-27-47-43(31-37)41-21-7-9-23-45(41)49(47)39-19-11-17-35(29-39)36-18-12-20-40(30-36)50-46-24-10-8-22-42(46)44-32-38(26-28-48(44)50)34-15-5-2-6-16-34/h1-32H. The Labute approximate surface area is 290 Å². The smallest absolute Gasteiger partial charge is 0.0541 e. The number of nitrogens with zero attached hydrogens (tertiary/aromatic N) is 2. The van der Waals surface area contributed by atoms with E-state index in [1.54, 1.807) is 0 Å². The molecule has 0 bridgehead atoms. The molecule has 0 N–H and O–H groups in total. The van der Waals surface area contributed by atoms with Gasteiger partial charge in [-0.1, -0.05) is 133 Å². The second-order valence-corrected chi connectivity index (χ2v) is 13.0. The number of hydrogen-bond donors (Lipinski definition) is 0. The van der Waals surface area contributed by atoms with Crippen LogP contribution in [-0.2, 0) is 0 Å². The lowest BCUT2D eigenvalue weighted by Crippen LogP contribution is -1.96. The van der Waals surface area contributed by atoms with Crippen molar-refractivity contribution >= 4 is 43.6 Å². The molecular weight excluding hydrogens is 605 g/mol. The topological polar surface area (TPSA) is 9.86 Å². The average molecular weight is 637 g/mol. The number of fused-ring (bicyclic) bond motifs is 6. The van der Waals surface area contributed by atoms with Crippen LogP contribution in [0, 0.1) is 0 Å². The summed E-state index contributed by atoms with van der Waals surface area (Å²) in [5, 5.41) is 5.04. The Morgan fingerprint density at radius 1 is 0.220 bits per heavy atom. The van der Waals surface area contributed by atoms with Crippen molar-refractivity contribution in [2.75, 3.05) is 0 Å². The van der Waals surface area contributed by atoms with Crippen LogP contribution in [0.25, 0.3) is 88.4 Å². The maximum atomic E-state index is 2.41. The molecule has 0 radical (unpaired) electrons. The van der Waals surface area contributed by atoms with Crippen LogP contribution in [-0.4, -0.2) is 9.13 Å². The van der Waals surface area contributed by atoms with Gasteiger partial charge in [-0.3, -0.25) is 0 Å². The van der Waals surface area contributed by atoms with Crippen LogP contribution in [0.2, 0.25) is 0 Å². The predicted octanol–water partition coefficient (Wildman–Crippen LogP) is 12.9. The molecule has 50 heavy (non-hydrogen) atoms. The summed E-state index contributed by atoms with van der Waals surface area (Å²) < 4.78 is 4.81. The van der Waals surface area contributed by atoms with E-state index in [1.165, 1.54) is 77.0 Å². The first-order valence-corrected chi connectivity index (χ1v) is 17.2. The summed E-state index contributed by atoms with van der Waals surface area (Å²) in [7, 11) is 0. The molecule has 0 fully saturated rings. The molecule has 2 heteroatoms. The van der Waals surface area contributed by atoms with Crippen molar-refractivity contribution in [2.45, 2.75) is 0 Å². The molecule has 0 aliphatic rings. The first-order chi connectivity index (χ1) is 24.8. The first kappa shape index (κ1) is 28.4. The summed E-state index contributed by atoms with van der Waals surface area (Å²) in [6.45, 7) is 0. The maximum Gasteiger partial charge on any atom is 0.0541 e. The number of rotatable bonds is 5. The third kappa shape index (κ3) is 4.57. The largest absolute Gasteiger partial charge is 0.309 e. The van der Waals surface area contributed by atoms with Crippen molar-refractivity contribution in [3.63, 3.8) is 0 Å². The lowest BCUT2D eigenvalue weighted by atomic mass is 10.0. The van der Waals surface area contributed by atoms with Gasteiger partial charge in [0.1, 0.15) is 0 Å². The van der Waals surface area contributed by atoms with Crippen LogP contribution in [0.3, 0.4) is 0 Å². The molecular formula is C48H32N2. The minimum atomic E-state index is 1.15. The lowest BCUT2D eigenvalue weighted by molar-refractivity contribution is 1.17. The highest BCUT2D eigenvalue weighted by Crippen LogP contribution is 2.38. The molecule has 0 aliphatic heterocycles. The lowest BCUT2D eigenvalue weighted by Gasteiger charge is -2.13. The normalized spacial score (nSPS) is 11.6. The van der Waals surface area contributed by atoms with Crippen LogP contribution in [0.1, 0.15) is 0 Å². The number of aromatic nitrogens is 2. The first-order valence-electron chi connectivity index (χ1n) is 17.2. The molecule has 0 saturated heterocycles. The summed E-state index contributed by atoms with van der Waals surface area (Å²) in [6.07, 6.45) is 0. The van der Waals surface area contributed by atoms with E-state index in [4.69, 9.17) is 0 Å². The van der Waals surface area contributed by atoms with E-state index < -0.39 is 0 Å². The fourth-order valence-electron chi connectivity index (χ4n) is 7.77. The summed E-state index contributed by atoms with van der Waals surface area (Å²) in [5.41, 5.74) is 14.4.